The first-order chi connectivity index (χ1) is 13.5. The van der Waals surface area contributed by atoms with Gasteiger partial charge >= 0.3 is 5.97 Å². The summed E-state index contributed by atoms with van der Waals surface area (Å²) in [6.45, 7) is -0.187. The number of aliphatic carboxylic acids is 1. The number of nitrogens with zero attached hydrogens (tertiary/aromatic N) is 1. The van der Waals surface area contributed by atoms with Crippen LogP contribution in [0.5, 0.6) is 23.0 Å². The van der Waals surface area contributed by atoms with Gasteiger partial charge in [0.1, 0.15) is 0 Å². The van der Waals surface area contributed by atoms with Gasteiger partial charge in [0, 0.05) is 11.5 Å². The monoisotopic (exact) mass is 384 g/mol. The van der Waals surface area contributed by atoms with Gasteiger partial charge in [-0.3, -0.25) is 0 Å². The molecule has 0 aliphatic heterocycles. The number of fused-ring (bicyclic) bond motifs is 1. The lowest BCUT2D eigenvalue weighted by atomic mass is 10.1. The van der Waals surface area contributed by atoms with Crippen molar-refractivity contribution < 1.29 is 33.4 Å². The molecule has 3 rings (SSSR count). The van der Waals surface area contributed by atoms with Crippen LogP contribution in [0, 0.1) is 0 Å². The second-order valence-corrected chi connectivity index (χ2v) is 6.09. The van der Waals surface area contributed by atoms with Crippen LogP contribution in [0.1, 0.15) is 0 Å². The van der Waals surface area contributed by atoms with Crippen molar-refractivity contribution in [1.82, 2.24) is 0 Å². The summed E-state index contributed by atoms with van der Waals surface area (Å²) in [5, 5.41) is 11.1. The highest BCUT2D eigenvalue weighted by Crippen LogP contribution is 2.35. The lowest BCUT2D eigenvalue weighted by molar-refractivity contribution is -0.673. The predicted octanol–water partition coefficient (Wildman–Crippen LogP) is 2.91. The third kappa shape index (κ3) is 3.64. The first-order valence-electron chi connectivity index (χ1n) is 8.54. The molecule has 3 aromatic rings. The van der Waals surface area contributed by atoms with Crippen LogP contribution in [0.2, 0.25) is 0 Å². The Balaban J connectivity index is 2.25. The Morgan fingerprint density at radius 3 is 1.96 bits per heavy atom. The van der Waals surface area contributed by atoms with Crippen molar-refractivity contribution in [3.05, 3.63) is 42.6 Å². The van der Waals surface area contributed by atoms with E-state index in [1.807, 2.05) is 30.3 Å². The number of pyridine rings is 1. The number of rotatable bonds is 7. The van der Waals surface area contributed by atoms with E-state index in [1.165, 1.54) is 0 Å². The molecular formula is C21H22NO6+. The van der Waals surface area contributed by atoms with Gasteiger partial charge in [-0.15, -0.1) is 0 Å². The number of carboxylic acid groups (broad SMARTS) is 1. The fraction of sp³-hybridized carbons (Fsp3) is 0.238. The summed E-state index contributed by atoms with van der Waals surface area (Å²) in [6, 6.07) is 11.1. The predicted molar refractivity (Wildman–Crippen MR) is 103 cm³/mol. The summed E-state index contributed by atoms with van der Waals surface area (Å²) >= 11 is 0. The summed E-state index contributed by atoms with van der Waals surface area (Å²) in [7, 11) is 6.27. The Morgan fingerprint density at radius 1 is 0.821 bits per heavy atom. The van der Waals surface area contributed by atoms with Crippen LogP contribution < -0.4 is 23.5 Å². The van der Waals surface area contributed by atoms with E-state index in [1.54, 1.807) is 45.3 Å². The molecule has 0 saturated carbocycles. The molecule has 0 unspecified atom stereocenters. The molecule has 1 aromatic heterocycles. The molecule has 0 spiro atoms. The molecule has 0 radical (unpaired) electrons. The second kappa shape index (κ2) is 8.04. The van der Waals surface area contributed by atoms with E-state index >= 15 is 0 Å². The maximum absolute atomic E-state index is 11.4. The van der Waals surface area contributed by atoms with E-state index < -0.39 is 5.97 Å². The standard InChI is InChI=1S/C21H21NO6/c1-25-17-6-5-13(8-18(17)26-2)16-7-14-9-19(27-3)20(28-4)10-15(14)11-22(16)12-21(23)24/h5-11H,12H2,1-4H3/p+1. The number of carbonyl (C=O) groups is 1. The number of hydrogen-bond acceptors (Lipinski definition) is 5. The summed E-state index contributed by atoms with van der Waals surface area (Å²) < 4.78 is 23.1. The third-order valence-electron chi connectivity index (χ3n) is 4.47. The highest BCUT2D eigenvalue weighted by molar-refractivity contribution is 5.87. The van der Waals surface area contributed by atoms with Crippen LogP contribution in [0.15, 0.2) is 42.6 Å². The van der Waals surface area contributed by atoms with Gasteiger partial charge in [-0.1, -0.05) is 0 Å². The zero-order chi connectivity index (χ0) is 20.3. The van der Waals surface area contributed by atoms with Crippen molar-refractivity contribution in [1.29, 1.82) is 0 Å². The van der Waals surface area contributed by atoms with Crippen molar-refractivity contribution in [2.75, 3.05) is 28.4 Å². The van der Waals surface area contributed by atoms with Gasteiger partial charge in [-0.2, -0.15) is 4.57 Å². The molecule has 146 valence electrons. The molecule has 0 saturated heterocycles. The van der Waals surface area contributed by atoms with Crippen molar-refractivity contribution in [3.8, 4) is 34.3 Å². The minimum atomic E-state index is -0.938. The van der Waals surface area contributed by atoms with Gasteiger partial charge in [0.2, 0.25) is 12.2 Å². The molecule has 28 heavy (non-hydrogen) atoms. The summed E-state index contributed by atoms with van der Waals surface area (Å²) in [4.78, 5) is 11.4. The maximum atomic E-state index is 11.4. The molecule has 0 fully saturated rings. The molecule has 0 atom stereocenters. The van der Waals surface area contributed by atoms with Gasteiger partial charge < -0.3 is 24.1 Å². The average Bonchev–Trinajstić information content (AvgIpc) is 2.71. The molecule has 1 N–H and O–H groups in total. The quantitative estimate of drug-likeness (QED) is 0.631. The Kier molecular flexibility index (Phi) is 5.54. The van der Waals surface area contributed by atoms with Gasteiger partial charge in [-0.25, -0.2) is 4.79 Å². The lowest BCUT2D eigenvalue weighted by Gasteiger charge is -2.12. The molecular weight excluding hydrogens is 362 g/mol. The topological polar surface area (TPSA) is 78.1 Å². The van der Waals surface area contributed by atoms with Gasteiger partial charge in [-0.05, 0) is 35.7 Å². The molecule has 0 amide bonds. The minimum Gasteiger partial charge on any atom is -0.493 e. The van der Waals surface area contributed by atoms with Gasteiger partial charge in [0.25, 0.3) is 0 Å². The number of aromatic nitrogens is 1. The highest BCUT2D eigenvalue weighted by atomic mass is 16.5. The minimum absolute atomic E-state index is 0.187. The Bertz CT molecular complexity index is 1030. The van der Waals surface area contributed by atoms with Crippen LogP contribution in [-0.4, -0.2) is 39.5 Å². The van der Waals surface area contributed by atoms with Crippen LogP contribution in [0.3, 0.4) is 0 Å². The van der Waals surface area contributed by atoms with E-state index in [9.17, 15) is 9.90 Å². The number of benzene rings is 2. The summed E-state index contributed by atoms with van der Waals surface area (Å²) in [6.07, 6.45) is 1.79. The van der Waals surface area contributed by atoms with E-state index in [4.69, 9.17) is 18.9 Å². The normalized spacial score (nSPS) is 10.6. The first kappa shape index (κ1) is 19.3. The molecule has 0 aliphatic rings. The van der Waals surface area contributed by atoms with E-state index in [0.717, 1.165) is 22.0 Å². The van der Waals surface area contributed by atoms with Crippen LogP contribution in [0.25, 0.3) is 22.0 Å². The Labute approximate surface area is 162 Å². The zero-order valence-electron chi connectivity index (χ0n) is 16.2. The van der Waals surface area contributed by atoms with E-state index in [0.29, 0.717) is 23.0 Å². The fourth-order valence-electron chi connectivity index (χ4n) is 3.14. The molecule has 7 nitrogen and oxygen atoms in total. The Hall–Kier alpha value is -3.48. The molecule has 2 aromatic carbocycles. The summed E-state index contributed by atoms with van der Waals surface area (Å²) in [5.41, 5.74) is 1.53. The lowest BCUT2D eigenvalue weighted by Crippen LogP contribution is -2.39. The molecule has 7 heteroatoms. The van der Waals surface area contributed by atoms with Gasteiger partial charge in [0.05, 0.1) is 34.0 Å². The van der Waals surface area contributed by atoms with Gasteiger partial charge in [0.15, 0.2) is 29.2 Å². The van der Waals surface area contributed by atoms with Crippen molar-refractivity contribution >= 4 is 16.7 Å². The molecule has 0 bridgehead atoms. The SMILES string of the molecule is COc1ccc(-c2cc3cc(OC)c(OC)cc3c[n+]2CC(=O)O)cc1OC. The van der Waals surface area contributed by atoms with E-state index in [2.05, 4.69) is 0 Å². The van der Waals surface area contributed by atoms with Crippen LogP contribution in [-0.2, 0) is 11.3 Å². The number of hydrogen-bond donors (Lipinski definition) is 1. The maximum Gasteiger partial charge on any atom is 0.370 e. The van der Waals surface area contributed by atoms with Crippen LogP contribution >= 0.6 is 0 Å². The zero-order valence-corrected chi connectivity index (χ0v) is 16.2. The molecule has 1 heterocycles. The number of methoxy groups -OCH3 is 4. The van der Waals surface area contributed by atoms with Crippen molar-refractivity contribution in [3.63, 3.8) is 0 Å². The number of carboxylic acids is 1. The third-order valence-corrected chi connectivity index (χ3v) is 4.47. The Morgan fingerprint density at radius 2 is 1.39 bits per heavy atom. The largest absolute Gasteiger partial charge is 0.493 e. The van der Waals surface area contributed by atoms with Crippen molar-refractivity contribution in [2.45, 2.75) is 6.54 Å². The second-order valence-electron chi connectivity index (χ2n) is 6.09. The fourth-order valence-corrected chi connectivity index (χ4v) is 3.14. The smallest absolute Gasteiger partial charge is 0.370 e. The summed E-state index contributed by atoms with van der Waals surface area (Å²) in [5.74, 6) is 1.41. The van der Waals surface area contributed by atoms with Crippen LogP contribution in [0.4, 0.5) is 0 Å². The highest BCUT2D eigenvalue weighted by Gasteiger charge is 2.21. The molecule has 0 aliphatic carbocycles. The van der Waals surface area contributed by atoms with Crippen molar-refractivity contribution in [2.24, 2.45) is 0 Å². The van der Waals surface area contributed by atoms with E-state index in [-0.39, 0.29) is 6.54 Å². The average molecular weight is 384 g/mol. The first-order valence-corrected chi connectivity index (χ1v) is 8.54. The number of ether oxygens (including phenoxy) is 4.